The average molecular weight is 513 g/mol. The number of thiazole rings is 1. The molecule has 3 aromatic rings. The number of carbonyl (C=O) groups is 1. The SMILES string of the molecule is C[C@H]1CC[C@@H](Oc2ccc(-c3csc(N(Cc4ccc(C(=O)[O-])cc4)C4CCCC4)n3)cc2)CC1.[Na+]. The Morgan fingerprint density at radius 2 is 1.67 bits per heavy atom. The number of carboxylic acids is 1. The summed E-state index contributed by atoms with van der Waals surface area (Å²) in [4.78, 5) is 18.5. The molecule has 7 heteroatoms. The van der Waals surface area contributed by atoms with Crippen molar-refractivity contribution in [2.24, 2.45) is 5.92 Å². The molecule has 2 aromatic carbocycles. The zero-order valence-electron chi connectivity index (χ0n) is 21.3. The molecule has 5 nitrogen and oxygen atoms in total. The zero-order valence-corrected chi connectivity index (χ0v) is 24.1. The summed E-state index contributed by atoms with van der Waals surface area (Å²) in [6, 6.07) is 15.8. The van der Waals surface area contributed by atoms with Gasteiger partial charge in [-0.2, -0.15) is 0 Å². The van der Waals surface area contributed by atoms with E-state index in [0.29, 0.717) is 12.1 Å². The summed E-state index contributed by atoms with van der Waals surface area (Å²) in [7, 11) is 0. The Kier molecular flexibility index (Phi) is 9.51. The van der Waals surface area contributed by atoms with Crippen molar-refractivity contribution in [3.05, 3.63) is 65.0 Å². The van der Waals surface area contributed by atoms with Crippen LogP contribution in [0.3, 0.4) is 0 Å². The number of aromatic carboxylic acids is 1. The van der Waals surface area contributed by atoms with E-state index in [1.165, 1.54) is 25.7 Å². The first-order valence-corrected chi connectivity index (χ1v) is 13.7. The molecule has 0 amide bonds. The van der Waals surface area contributed by atoms with Crippen LogP contribution in [0, 0.1) is 5.92 Å². The Morgan fingerprint density at radius 1 is 1.00 bits per heavy atom. The van der Waals surface area contributed by atoms with Crippen molar-refractivity contribution < 1.29 is 44.2 Å². The van der Waals surface area contributed by atoms with Crippen molar-refractivity contribution in [1.82, 2.24) is 4.98 Å². The zero-order chi connectivity index (χ0) is 24.2. The van der Waals surface area contributed by atoms with E-state index in [0.717, 1.165) is 65.8 Å². The number of rotatable bonds is 8. The molecule has 0 bridgehead atoms. The van der Waals surface area contributed by atoms with E-state index in [-0.39, 0.29) is 35.1 Å². The Bertz CT molecular complexity index is 1120. The van der Waals surface area contributed by atoms with Gasteiger partial charge in [0.05, 0.1) is 17.8 Å². The van der Waals surface area contributed by atoms with Crippen molar-refractivity contribution in [3.63, 3.8) is 0 Å². The Morgan fingerprint density at radius 3 is 2.31 bits per heavy atom. The van der Waals surface area contributed by atoms with Gasteiger partial charge >= 0.3 is 29.6 Å². The van der Waals surface area contributed by atoms with E-state index in [1.54, 1.807) is 23.5 Å². The second-order valence-electron chi connectivity index (χ2n) is 10.1. The van der Waals surface area contributed by atoms with Crippen LogP contribution in [0.1, 0.15) is 74.2 Å². The minimum absolute atomic E-state index is 0. The second-order valence-corrected chi connectivity index (χ2v) is 10.9. The van der Waals surface area contributed by atoms with E-state index >= 15 is 0 Å². The van der Waals surface area contributed by atoms with Gasteiger partial charge in [-0.15, -0.1) is 11.3 Å². The number of anilines is 1. The van der Waals surface area contributed by atoms with Crippen LogP contribution in [0.5, 0.6) is 5.75 Å². The number of hydrogen-bond acceptors (Lipinski definition) is 6. The third-order valence-corrected chi connectivity index (χ3v) is 8.34. The molecule has 2 fully saturated rings. The van der Waals surface area contributed by atoms with Crippen LogP contribution in [-0.4, -0.2) is 23.1 Å². The molecule has 0 N–H and O–H groups in total. The first-order valence-electron chi connectivity index (χ1n) is 12.8. The fraction of sp³-hybridized carbons (Fsp3) is 0.448. The van der Waals surface area contributed by atoms with Gasteiger partial charge < -0.3 is 19.5 Å². The minimum atomic E-state index is -1.14. The quantitative estimate of drug-likeness (QED) is 0.434. The first-order chi connectivity index (χ1) is 17.0. The van der Waals surface area contributed by atoms with Gasteiger partial charge in [-0.3, -0.25) is 0 Å². The molecule has 0 saturated heterocycles. The van der Waals surface area contributed by atoms with E-state index < -0.39 is 5.97 Å². The topological polar surface area (TPSA) is 65.5 Å². The van der Waals surface area contributed by atoms with Crippen LogP contribution in [0.2, 0.25) is 0 Å². The van der Waals surface area contributed by atoms with Gasteiger partial charge in [-0.05, 0) is 79.8 Å². The maximum atomic E-state index is 11.1. The number of ether oxygens (including phenoxy) is 1. The van der Waals surface area contributed by atoms with E-state index in [9.17, 15) is 9.90 Å². The maximum Gasteiger partial charge on any atom is 1.00 e. The Balaban J connectivity index is 0.00000304. The van der Waals surface area contributed by atoms with Crippen LogP contribution in [-0.2, 0) is 6.54 Å². The van der Waals surface area contributed by atoms with Gasteiger partial charge in [-0.1, -0.05) is 44.0 Å². The van der Waals surface area contributed by atoms with Crippen molar-refractivity contribution in [2.45, 2.75) is 77.0 Å². The van der Waals surface area contributed by atoms with Crippen LogP contribution in [0.4, 0.5) is 5.13 Å². The molecule has 1 heterocycles. The minimum Gasteiger partial charge on any atom is -0.545 e. The average Bonchev–Trinajstić information content (AvgIpc) is 3.58. The molecule has 1 aromatic heterocycles. The fourth-order valence-corrected chi connectivity index (χ4v) is 6.19. The van der Waals surface area contributed by atoms with Gasteiger partial charge in [0.25, 0.3) is 0 Å². The van der Waals surface area contributed by atoms with Crippen LogP contribution < -0.4 is 44.3 Å². The van der Waals surface area contributed by atoms with Gasteiger partial charge in [0.2, 0.25) is 0 Å². The molecule has 0 atom stereocenters. The number of nitrogens with zero attached hydrogens (tertiary/aromatic N) is 2. The number of carbonyl (C=O) groups excluding carboxylic acids is 1. The number of benzene rings is 2. The number of aromatic nitrogens is 1. The summed E-state index contributed by atoms with van der Waals surface area (Å²) in [5.74, 6) is 0.621. The summed E-state index contributed by atoms with van der Waals surface area (Å²) in [5, 5.41) is 14.3. The van der Waals surface area contributed by atoms with Gasteiger partial charge in [0, 0.05) is 23.5 Å². The molecular weight excluding hydrogens is 479 g/mol. The van der Waals surface area contributed by atoms with Crippen molar-refractivity contribution in [2.75, 3.05) is 4.90 Å². The molecule has 2 aliphatic carbocycles. The van der Waals surface area contributed by atoms with Gasteiger partial charge in [0.15, 0.2) is 5.13 Å². The summed E-state index contributed by atoms with van der Waals surface area (Å²) in [5.41, 5.74) is 3.38. The summed E-state index contributed by atoms with van der Waals surface area (Å²) < 4.78 is 6.23. The second kappa shape index (κ2) is 12.6. The molecule has 2 aliphatic rings. The molecular formula is C29H33N2NaO3S. The maximum absolute atomic E-state index is 11.1. The van der Waals surface area contributed by atoms with E-state index in [4.69, 9.17) is 9.72 Å². The molecule has 0 spiro atoms. The third kappa shape index (κ3) is 6.71. The predicted octanol–water partition coefficient (Wildman–Crippen LogP) is 3.08. The molecule has 0 unspecified atom stereocenters. The fourth-order valence-electron chi connectivity index (χ4n) is 5.28. The molecule has 2 saturated carbocycles. The van der Waals surface area contributed by atoms with E-state index in [1.807, 2.05) is 12.1 Å². The molecule has 0 aliphatic heterocycles. The molecule has 5 rings (SSSR count). The van der Waals surface area contributed by atoms with Gasteiger partial charge in [-0.25, -0.2) is 4.98 Å². The van der Waals surface area contributed by atoms with Gasteiger partial charge in [0.1, 0.15) is 5.75 Å². The van der Waals surface area contributed by atoms with Crippen molar-refractivity contribution in [1.29, 1.82) is 0 Å². The monoisotopic (exact) mass is 512 g/mol. The summed E-state index contributed by atoms with van der Waals surface area (Å²) >= 11 is 1.68. The summed E-state index contributed by atoms with van der Waals surface area (Å²) in [6.07, 6.45) is 9.94. The Hall–Kier alpha value is -1.86. The largest absolute Gasteiger partial charge is 1.00 e. The van der Waals surface area contributed by atoms with Crippen molar-refractivity contribution >= 4 is 22.4 Å². The smallest absolute Gasteiger partial charge is 0.545 e. The third-order valence-electron chi connectivity index (χ3n) is 7.46. The first kappa shape index (κ1) is 27.2. The standard InChI is InChI=1S/C29H34N2O3S.Na/c1-20-6-14-25(15-7-20)34-26-16-12-22(13-17-26)27-19-35-29(30-27)31(24-4-2-3-5-24)18-21-8-10-23(11-9-21)28(32)33;/h8-13,16-17,19-20,24-25H,2-7,14-15,18H2,1H3,(H,32,33);/q;+1/p-1/t20-,25+;. The van der Waals surface area contributed by atoms with E-state index in [2.05, 4.69) is 41.5 Å². The Labute approximate surface area is 240 Å². The predicted molar refractivity (Wildman–Crippen MR) is 139 cm³/mol. The normalized spacial score (nSPS) is 20.0. The molecule has 36 heavy (non-hydrogen) atoms. The number of carboxylic acid groups (broad SMARTS) is 1. The number of hydrogen-bond donors (Lipinski definition) is 0. The summed E-state index contributed by atoms with van der Waals surface area (Å²) in [6.45, 7) is 3.05. The van der Waals surface area contributed by atoms with Crippen LogP contribution >= 0.6 is 11.3 Å². The molecule has 0 radical (unpaired) electrons. The van der Waals surface area contributed by atoms with Crippen LogP contribution in [0.15, 0.2) is 53.9 Å². The molecule has 184 valence electrons. The van der Waals surface area contributed by atoms with Crippen LogP contribution in [0.25, 0.3) is 11.3 Å². The van der Waals surface area contributed by atoms with Crippen molar-refractivity contribution in [3.8, 4) is 17.0 Å².